The fourth-order valence-electron chi connectivity index (χ4n) is 2.36. The zero-order valence-electron chi connectivity index (χ0n) is 14.3. The average molecular weight is 325 g/mol. The molecule has 0 aliphatic carbocycles. The highest BCUT2D eigenvalue weighted by atomic mass is 16.5. The quantitative estimate of drug-likeness (QED) is 0.822. The summed E-state index contributed by atoms with van der Waals surface area (Å²) in [5.74, 6) is -0.538. The summed E-state index contributed by atoms with van der Waals surface area (Å²) in [5, 5.41) is 2.93. The van der Waals surface area contributed by atoms with E-state index in [4.69, 9.17) is 4.74 Å². The fourth-order valence-corrected chi connectivity index (χ4v) is 2.36. The third kappa shape index (κ3) is 5.23. The number of hydrogen-bond acceptors (Lipinski definition) is 3. The van der Waals surface area contributed by atoms with Gasteiger partial charge in [-0.05, 0) is 38.5 Å². The zero-order chi connectivity index (χ0) is 17.5. The maximum absolute atomic E-state index is 12.5. The highest BCUT2D eigenvalue weighted by molar-refractivity contribution is 5.94. The van der Waals surface area contributed by atoms with E-state index in [1.165, 1.54) is 0 Å². The monoisotopic (exact) mass is 325 g/mol. The summed E-state index contributed by atoms with van der Waals surface area (Å²) in [4.78, 5) is 24.5. The minimum Gasteiger partial charge on any atom is -0.463 e. The minimum atomic E-state index is -0.425. The zero-order valence-corrected chi connectivity index (χ0v) is 14.3. The Labute approximate surface area is 142 Å². The molecule has 0 spiro atoms. The molecule has 0 bridgehead atoms. The van der Waals surface area contributed by atoms with Gasteiger partial charge in [-0.1, -0.05) is 48.0 Å². The largest absolute Gasteiger partial charge is 0.463 e. The van der Waals surface area contributed by atoms with E-state index in [0.717, 1.165) is 11.1 Å². The normalized spacial score (nSPS) is 11.8. The number of aryl methyl sites for hydroxylation is 1. The van der Waals surface area contributed by atoms with Crippen LogP contribution in [0.15, 0.2) is 54.6 Å². The first-order valence-electron chi connectivity index (χ1n) is 8.07. The summed E-state index contributed by atoms with van der Waals surface area (Å²) in [6.45, 7) is 5.58. The van der Waals surface area contributed by atoms with Crippen molar-refractivity contribution < 1.29 is 14.3 Å². The summed E-state index contributed by atoms with van der Waals surface area (Å²) in [7, 11) is 0. The molecule has 2 aromatic carbocycles. The Morgan fingerprint density at radius 3 is 2.21 bits per heavy atom. The van der Waals surface area contributed by atoms with Crippen LogP contribution < -0.4 is 5.32 Å². The van der Waals surface area contributed by atoms with Crippen LogP contribution in [0.1, 0.15) is 47.8 Å². The van der Waals surface area contributed by atoms with Gasteiger partial charge in [0.15, 0.2) is 0 Å². The number of carbonyl (C=O) groups is 2. The summed E-state index contributed by atoms with van der Waals surface area (Å²) < 4.78 is 5.21. The van der Waals surface area contributed by atoms with Gasteiger partial charge in [-0.3, -0.25) is 9.59 Å². The highest BCUT2D eigenvalue weighted by Gasteiger charge is 2.20. The van der Waals surface area contributed by atoms with Crippen LogP contribution in [0.3, 0.4) is 0 Å². The van der Waals surface area contributed by atoms with Gasteiger partial charge in [0, 0.05) is 5.56 Å². The summed E-state index contributed by atoms with van der Waals surface area (Å²) in [6.07, 6.45) is -0.0819. The first kappa shape index (κ1) is 17.7. The number of carbonyl (C=O) groups excluding carboxylic acids is 2. The van der Waals surface area contributed by atoms with E-state index in [1.807, 2.05) is 49.4 Å². The van der Waals surface area contributed by atoms with Gasteiger partial charge in [-0.15, -0.1) is 0 Å². The van der Waals surface area contributed by atoms with Crippen LogP contribution >= 0.6 is 0 Å². The average Bonchev–Trinajstić information content (AvgIpc) is 2.55. The Morgan fingerprint density at radius 2 is 1.62 bits per heavy atom. The minimum absolute atomic E-state index is 0.0970. The lowest BCUT2D eigenvalue weighted by Crippen LogP contribution is -2.31. The lowest BCUT2D eigenvalue weighted by atomic mass is 10.0. The molecule has 0 aliphatic rings. The lowest BCUT2D eigenvalue weighted by molar-refractivity contribution is -0.147. The van der Waals surface area contributed by atoms with Gasteiger partial charge in [-0.25, -0.2) is 0 Å². The molecule has 24 heavy (non-hydrogen) atoms. The van der Waals surface area contributed by atoms with Crippen molar-refractivity contribution in [3.63, 3.8) is 0 Å². The molecule has 1 atom stereocenters. The van der Waals surface area contributed by atoms with E-state index in [2.05, 4.69) is 5.32 Å². The van der Waals surface area contributed by atoms with Crippen LogP contribution in [0.25, 0.3) is 0 Å². The number of nitrogens with one attached hydrogen (secondary N) is 1. The standard InChI is InChI=1S/C20H23NO3/c1-14(2)24-19(22)13-18(16-7-5-4-6-8-16)21-20(23)17-11-9-15(3)10-12-17/h4-12,14,18H,13H2,1-3H3,(H,21,23). The van der Waals surface area contributed by atoms with E-state index >= 15 is 0 Å². The Hall–Kier alpha value is -2.62. The number of rotatable bonds is 6. The van der Waals surface area contributed by atoms with Crippen molar-refractivity contribution in [2.45, 2.75) is 39.3 Å². The van der Waals surface area contributed by atoms with Crippen molar-refractivity contribution in [1.29, 1.82) is 0 Å². The molecule has 0 aliphatic heterocycles. The van der Waals surface area contributed by atoms with Crippen LogP contribution in [0.5, 0.6) is 0 Å². The van der Waals surface area contributed by atoms with Crippen molar-refractivity contribution >= 4 is 11.9 Å². The molecule has 1 unspecified atom stereocenters. The van der Waals surface area contributed by atoms with Gasteiger partial charge >= 0.3 is 5.97 Å². The SMILES string of the molecule is Cc1ccc(C(=O)NC(CC(=O)OC(C)C)c2ccccc2)cc1. The molecule has 2 aromatic rings. The summed E-state index contributed by atoms with van der Waals surface area (Å²) in [5.41, 5.74) is 2.53. The van der Waals surface area contributed by atoms with Crippen molar-refractivity contribution in [3.05, 3.63) is 71.3 Å². The lowest BCUT2D eigenvalue weighted by Gasteiger charge is -2.19. The fraction of sp³-hybridized carbons (Fsp3) is 0.300. The molecule has 2 rings (SSSR count). The molecule has 0 heterocycles. The van der Waals surface area contributed by atoms with Gasteiger partial charge in [0.2, 0.25) is 0 Å². The van der Waals surface area contributed by atoms with Crippen molar-refractivity contribution in [3.8, 4) is 0 Å². The third-order valence-corrected chi connectivity index (χ3v) is 3.56. The van der Waals surface area contributed by atoms with Gasteiger partial charge in [-0.2, -0.15) is 0 Å². The number of hydrogen-bond donors (Lipinski definition) is 1. The highest BCUT2D eigenvalue weighted by Crippen LogP contribution is 2.18. The maximum atomic E-state index is 12.5. The summed E-state index contributed by atoms with van der Waals surface area (Å²) in [6, 6.07) is 16.4. The van der Waals surface area contributed by atoms with Crippen LogP contribution in [-0.4, -0.2) is 18.0 Å². The molecule has 4 heteroatoms. The Bertz CT molecular complexity index is 678. The van der Waals surface area contributed by atoms with Crippen LogP contribution in [0.4, 0.5) is 0 Å². The molecule has 126 valence electrons. The van der Waals surface area contributed by atoms with Crippen LogP contribution in [-0.2, 0) is 9.53 Å². The van der Waals surface area contributed by atoms with Crippen molar-refractivity contribution in [2.24, 2.45) is 0 Å². The van der Waals surface area contributed by atoms with E-state index in [9.17, 15) is 9.59 Å². The van der Waals surface area contributed by atoms with E-state index in [-0.39, 0.29) is 24.4 Å². The number of ether oxygens (including phenoxy) is 1. The van der Waals surface area contributed by atoms with Crippen molar-refractivity contribution in [1.82, 2.24) is 5.32 Å². The van der Waals surface area contributed by atoms with Crippen molar-refractivity contribution in [2.75, 3.05) is 0 Å². The Kier molecular flexibility index (Phi) is 6.13. The topological polar surface area (TPSA) is 55.4 Å². The molecular formula is C20H23NO3. The molecule has 4 nitrogen and oxygen atoms in total. The number of benzene rings is 2. The second-order valence-electron chi connectivity index (χ2n) is 6.05. The second-order valence-corrected chi connectivity index (χ2v) is 6.05. The number of esters is 1. The molecule has 0 radical (unpaired) electrons. The summed E-state index contributed by atoms with van der Waals surface area (Å²) >= 11 is 0. The smallest absolute Gasteiger partial charge is 0.308 e. The Balaban J connectivity index is 2.15. The van der Waals surface area contributed by atoms with Gasteiger partial charge in [0.05, 0.1) is 18.6 Å². The molecule has 0 fully saturated rings. The predicted molar refractivity (Wildman–Crippen MR) is 93.7 cm³/mol. The number of amides is 1. The predicted octanol–water partition coefficient (Wildman–Crippen LogP) is 3.81. The molecule has 0 aromatic heterocycles. The first-order chi connectivity index (χ1) is 11.5. The van der Waals surface area contributed by atoms with Gasteiger partial charge < -0.3 is 10.1 Å². The molecule has 1 N–H and O–H groups in total. The van der Waals surface area contributed by atoms with E-state index in [1.54, 1.807) is 26.0 Å². The molecule has 0 saturated heterocycles. The second kappa shape index (κ2) is 8.29. The van der Waals surface area contributed by atoms with E-state index < -0.39 is 6.04 Å². The van der Waals surface area contributed by atoms with Crippen LogP contribution in [0, 0.1) is 6.92 Å². The first-order valence-corrected chi connectivity index (χ1v) is 8.07. The third-order valence-electron chi connectivity index (χ3n) is 3.56. The molecular weight excluding hydrogens is 302 g/mol. The van der Waals surface area contributed by atoms with Crippen LogP contribution in [0.2, 0.25) is 0 Å². The Morgan fingerprint density at radius 1 is 1.00 bits per heavy atom. The van der Waals surface area contributed by atoms with Gasteiger partial charge in [0.1, 0.15) is 0 Å². The van der Waals surface area contributed by atoms with E-state index in [0.29, 0.717) is 5.56 Å². The maximum Gasteiger partial charge on any atom is 0.308 e. The molecule has 1 amide bonds. The molecule has 0 saturated carbocycles. The van der Waals surface area contributed by atoms with Gasteiger partial charge in [0.25, 0.3) is 5.91 Å².